The van der Waals surface area contributed by atoms with Crippen molar-refractivity contribution in [3.05, 3.63) is 46.4 Å². The van der Waals surface area contributed by atoms with Gasteiger partial charge in [0.1, 0.15) is 0 Å². The zero-order chi connectivity index (χ0) is 21.8. The van der Waals surface area contributed by atoms with E-state index in [-0.39, 0.29) is 0 Å². The van der Waals surface area contributed by atoms with Crippen LogP contribution in [-0.4, -0.2) is 40.3 Å². The van der Waals surface area contributed by atoms with E-state index >= 15 is 0 Å². The van der Waals surface area contributed by atoms with Gasteiger partial charge < -0.3 is 14.6 Å². The molecule has 0 saturated heterocycles. The first-order chi connectivity index (χ1) is 14.2. The Morgan fingerprint density at radius 1 is 0.833 bits per heavy atom. The van der Waals surface area contributed by atoms with Crippen molar-refractivity contribution in [3.8, 4) is 0 Å². The van der Waals surface area contributed by atoms with E-state index in [1.807, 2.05) is 36.4 Å². The molecule has 164 valence electrons. The summed E-state index contributed by atoms with van der Waals surface area (Å²) in [6.07, 6.45) is 1.85. The number of rotatable bonds is 10. The third-order valence-corrected chi connectivity index (χ3v) is 6.17. The molecule has 3 nitrogen and oxygen atoms in total. The second kappa shape index (κ2) is 10.4. The van der Waals surface area contributed by atoms with E-state index in [1.54, 1.807) is 0 Å². The second-order valence-corrected chi connectivity index (χ2v) is 10.1. The SMILES string of the molecule is CC(C)CCN(CCC(C)C)C[C@@H](O)Cn1c2ccc(Cl)cc2c2cc(Cl)ccc21. The lowest BCUT2D eigenvalue weighted by atomic mass is 10.1. The van der Waals surface area contributed by atoms with Crippen molar-refractivity contribution in [2.45, 2.75) is 53.2 Å². The summed E-state index contributed by atoms with van der Waals surface area (Å²) in [5.74, 6) is 1.33. The maximum atomic E-state index is 11.0. The molecule has 0 spiro atoms. The molecule has 0 bridgehead atoms. The quantitative estimate of drug-likeness (QED) is 0.366. The Bertz CT molecular complexity index is 909. The predicted molar refractivity (Wildman–Crippen MR) is 131 cm³/mol. The molecule has 0 aliphatic heterocycles. The van der Waals surface area contributed by atoms with Gasteiger partial charge in [-0.15, -0.1) is 0 Å². The molecular weight excluding hydrogens is 415 g/mol. The van der Waals surface area contributed by atoms with Gasteiger partial charge >= 0.3 is 0 Å². The number of hydrogen-bond acceptors (Lipinski definition) is 2. The molecule has 3 rings (SSSR count). The minimum Gasteiger partial charge on any atom is -0.390 e. The van der Waals surface area contributed by atoms with Crippen molar-refractivity contribution in [2.24, 2.45) is 11.8 Å². The summed E-state index contributed by atoms with van der Waals surface area (Å²) < 4.78 is 2.20. The van der Waals surface area contributed by atoms with Crippen LogP contribution < -0.4 is 0 Å². The topological polar surface area (TPSA) is 28.4 Å². The van der Waals surface area contributed by atoms with E-state index in [1.165, 1.54) is 0 Å². The van der Waals surface area contributed by atoms with Crippen molar-refractivity contribution >= 4 is 45.0 Å². The van der Waals surface area contributed by atoms with E-state index in [4.69, 9.17) is 23.2 Å². The zero-order valence-electron chi connectivity index (χ0n) is 18.5. The molecule has 5 heteroatoms. The molecule has 0 fully saturated rings. The van der Waals surface area contributed by atoms with Gasteiger partial charge in [0.05, 0.1) is 12.6 Å². The molecule has 3 aromatic rings. The van der Waals surface area contributed by atoms with Crippen LogP contribution in [0.2, 0.25) is 10.0 Å². The number of nitrogens with zero attached hydrogens (tertiary/aromatic N) is 2. The summed E-state index contributed by atoms with van der Waals surface area (Å²) in [6.45, 7) is 12.3. The molecular formula is C25H34Cl2N2O. The summed E-state index contributed by atoms with van der Waals surface area (Å²) in [4.78, 5) is 2.42. The Morgan fingerprint density at radius 3 is 1.73 bits per heavy atom. The van der Waals surface area contributed by atoms with Crippen LogP contribution in [0.15, 0.2) is 36.4 Å². The van der Waals surface area contributed by atoms with Gasteiger partial charge in [0.15, 0.2) is 0 Å². The van der Waals surface area contributed by atoms with Gasteiger partial charge in [-0.25, -0.2) is 0 Å². The third-order valence-electron chi connectivity index (χ3n) is 5.70. The highest BCUT2D eigenvalue weighted by molar-refractivity contribution is 6.33. The fourth-order valence-corrected chi connectivity index (χ4v) is 4.33. The van der Waals surface area contributed by atoms with Crippen LogP contribution in [0, 0.1) is 11.8 Å². The molecule has 1 N–H and O–H groups in total. The molecule has 0 radical (unpaired) electrons. The molecule has 0 aliphatic rings. The monoisotopic (exact) mass is 448 g/mol. The summed E-state index contributed by atoms with van der Waals surface area (Å²) in [7, 11) is 0. The lowest BCUT2D eigenvalue weighted by Gasteiger charge is -2.27. The highest BCUT2D eigenvalue weighted by atomic mass is 35.5. The first-order valence-corrected chi connectivity index (χ1v) is 11.8. The smallest absolute Gasteiger partial charge is 0.0845 e. The Kier molecular flexibility index (Phi) is 8.09. The van der Waals surface area contributed by atoms with Crippen molar-refractivity contribution in [1.82, 2.24) is 9.47 Å². The second-order valence-electron chi connectivity index (χ2n) is 9.25. The maximum Gasteiger partial charge on any atom is 0.0845 e. The van der Waals surface area contributed by atoms with Crippen LogP contribution in [0.4, 0.5) is 0 Å². The Labute approximate surface area is 190 Å². The lowest BCUT2D eigenvalue weighted by molar-refractivity contribution is 0.0947. The minimum absolute atomic E-state index is 0.450. The minimum atomic E-state index is -0.450. The van der Waals surface area contributed by atoms with E-state index in [2.05, 4.69) is 37.2 Å². The summed E-state index contributed by atoms with van der Waals surface area (Å²) in [6, 6.07) is 11.9. The number of hydrogen-bond donors (Lipinski definition) is 1. The number of aliphatic hydroxyl groups is 1. The molecule has 0 saturated carbocycles. The number of aromatic nitrogens is 1. The van der Waals surface area contributed by atoms with E-state index in [9.17, 15) is 5.11 Å². The molecule has 2 aromatic carbocycles. The molecule has 1 aromatic heterocycles. The van der Waals surface area contributed by atoms with Crippen LogP contribution in [0.3, 0.4) is 0 Å². The fraction of sp³-hybridized carbons (Fsp3) is 0.520. The normalized spacial score (nSPS) is 13.4. The van der Waals surface area contributed by atoms with Crippen LogP contribution >= 0.6 is 23.2 Å². The van der Waals surface area contributed by atoms with Gasteiger partial charge in [0, 0.05) is 38.4 Å². The molecule has 30 heavy (non-hydrogen) atoms. The predicted octanol–water partition coefficient (Wildman–Crippen LogP) is 6.86. The molecule has 1 atom stereocenters. The lowest BCUT2D eigenvalue weighted by Crippen LogP contribution is -2.37. The average molecular weight is 449 g/mol. The van der Waals surface area contributed by atoms with Crippen LogP contribution in [0.5, 0.6) is 0 Å². The van der Waals surface area contributed by atoms with Gasteiger partial charge in [0.2, 0.25) is 0 Å². The Hall–Kier alpha value is -1.26. The fourth-order valence-electron chi connectivity index (χ4n) is 3.99. The standard InChI is InChI=1S/C25H34Cl2N2O/c1-17(2)9-11-28(12-10-18(3)4)15-21(30)16-29-24-7-5-19(26)13-22(24)23-14-20(27)6-8-25(23)29/h5-8,13-14,17-18,21,30H,9-12,15-16H2,1-4H3/t21-/m1/s1. The largest absolute Gasteiger partial charge is 0.390 e. The van der Waals surface area contributed by atoms with Crippen LogP contribution in [0.25, 0.3) is 21.8 Å². The van der Waals surface area contributed by atoms with E-state index in [0.717, 1.165) is 47.7 Å². The average Bonchev–Trinajstić information content (AvgIpc) is 2.96. The molecule has 0 aliphatic carbocycles. The molecule has 0 unspecified atom stereocenters. The summed E-state index contributed by atoms with van der Waals surface area (Å²) in [5, 5.41) is 14.6. The first-order valence-electron chi connectivity index (χ1n) is 11.0. The highest BCUT2D eigenvalue weighted by Gasteiger charge is 2.17. The van der Waals surface area contributed by atoms with Gasteiger partial charge in [0.25, 0.3) is 0 Å². The van der Waals surface area contributed by atoms with E-state index in [0.29, 0.717) is 35.0 Å². The summed E-state index contributed by atoms with van der Waals surface area (Å²) in [5.41, 5.74) is 2.15. The first kappa shape index (κ1) is 23.4. The number of fused-ring (bicyclic) bond motifs is 3. The van der Waals surface area contributed by atoms with Crippen molar-refractivity contribution < 1.29 is 5.11 Å². The maximum absolute atomic E-state index is 11.0. The van der Waals surface area contributed by atoms with E-state index < -0.39 is 6.10 Å². The van der Waals surface area contributed by atoms with Crippen molar-refractivity contribution in [1.29, 1.82) is 0 Å². The van der Waals surface area contributed by atoms with Gasteiger partial charge in [-0.05, 0) is 74.2 Å². The van der Waals surface area contributed by atoms with Crippen LogP contribution in [0.1, 0.15) is 40.5 Å². The van der Waals surface area contributed by atoms with Gasteiger partial charge in [-0.1, -0.05) is 50.9 Å². The summed E-state index contributed by atoms with van der Waals surface area (Å²) >= 11 is 12.5. The Balaban J connectivity index is 1.84. The van der Waals surface area contributed by atoms with Crippen molar-refractivity contribution in [2.75, 3.05) is 19.6 Å². The van der Waals surface area contributed by atoms with Gasteiger partial charge in [-0.2, -0.15) is 0 Å². The number of aliphatic hydroxyl groups excluding tert-OH is 1. The zero-order valence-corrected chi connectivity index (χ0v) is 20.0. The third kappa shape index (κ3) is 5.91. The van der Waals surface area contributed by atoms with Crippen LogP contribution in [-0.2, 0) is 6.54 Å². The number of halogens is 2. The van der Waals surface area contributed by atoms with Gasteiger partial charge in [-0.3, -0.25) is 0 Å². The number of benzene rings is 2. The molecule has 1 heterocycles. The molecule has 0 amide bonds. The Morgan fingerprint density at radius 2 is 1.30 bits per heavy atom. The highest BCUT2D eigenvalue weighted by Crippen LogP contribution is 2.33. The van der Waals surface area contributed by atoms with Crippen molar-refractivity contribution in [3.63, 3.8) is 0 Å².